The number of hydrogen-bond acceptors (Lipinski definition) is 21. The van der Waals surface area contributed by atoms with Crippen molar-refractivity contribution in [2.45, 2.75) is 183 Å². The van der Waals surface area contributed by atoms with Gasteiger partial charge in [-0.3, -0.25) is 29.2 Å². The topological polar surface area (TPSA) is 368 Å². The Morgan fingerprint density at radius 1 is 0.846 bits per heavy atom. The third-order valence-electron chi connectivity index (χ3n) is 15.3. The van der Waals surface area contributed by atoms with Crippen LogP contribution in [0.3, 0.4) is 0 Å². The number of aromatic hydroxyl groups is 1. The van der Waals surface area contributed by atoms with Gasteiger partial charge in [-0.05, 0) is 69.1 Å². The van der Waals surface area contributed by atoms with Crippen LogP contribution >= 0.6 is 0 Å². The van der Waals surface area contributed by atoms with E-state index in [-0.39, 0.29) is 55.4 Å². The first kappa shape index (κ1) is 59.8. The standard InChI is InChI=1S/C52H79N11O14Si/c1-26(28-14-12-11-13-15-28)35(53)44(69)59-31(20-27-16-18-30(65)19-17-27)43(68)61-36(38(66)32-21-56-48(54)60-32)46(71)62-37(45(70)58-29(23-64)24-73-78(9,10)50(2,3)4)39(67)33-22-57-49(55)63(33)47-42-41(76-52(7,8)77-42)40-34(74-47)25-72-51(5,6)75-40/h11-19,23,26,29,31-42,47,65-67H,20-22,24-25,53H2,1-10H3,(H2,55,57)(H,58,70)(H,59,69)(H,61,68)(H,62,71)(H3,54,56,60)/t26?,29-,31+,32?,33?,34?,35+,36+,37+,38?,39?,40?,41?,42?,47?/m1/s1. The quantitative estimate of drug-likeness (QED) is 0.0507. The number of fused-ring (bicyclic) bond motifs is 3. The lowest BCUT2D eigenvalue weighted by atomic mass is 9.93. The number of rotatable bonds is 21. The van der Waals surface area contributed by atoms with Gasteiger partial charge in [0.05, 0.1) is 44.4 Å². The molecule has 2 aromatic rings. The third kappa shape index (κ3) is 13.8. The fraction of sp³-hybridized carbons (Fsp3) is 0.635. The molecule has 26 heteroatoms. The number of phenolic OH excluding ortho intramolecular Hbond substituents is 1. The van der Waals surface area contributed by atoms with Crippen LogP contribution in [0.1, 0.15) is 72.4 Å². The normalized spacial score (nSPS) is 27.6. The van der Waals surface area contributed by atoms with Gasteiger partial charge in [-0.2, -0.15) is 0 Å². The number of hydrogen-bond donors (Lipinski definition) is 11. The number of phenols is 1. The summed E-state index contributed by atoms with van der Waals surface area (Å²) in [5, 5.41) is 47.9. The van der Waals surface area contributed by atoms with Crippen molar-refractivity contribution >= 4 is 50.2 Å². The van der Waals surface area contributed by atoms with Crippen LogP contribution in [0.5, 0.6) is 5.75 Å². The lowest BCUT2D eigenvalue weighted by Crippen LogP contribution is -2.71. The molecule has 5 aliphatic rings. The molecule has 0 spiro atoms. The smallest absolute Gasteiger partial charge is 0.246 e. The molecule has 5 heterocycles. The van der Waals surface area contributed by atoms with Gasteiger partial charge in [0.2, 0.25) is 23.6 Å². The Hall–Kier alpha value is -5.81. The molecule has 2 aromatic carbocycles. The maximum atomic E-state index is 15.1. The number of aliphatic imine (C=N–C) groups is 2. The highest BCUT2D eigenvalue weighted by Crippen LogP contribution is 2.44. The molecule has 0 radical (unpaired) electrons. The van der Waals surface area contributed by atoms with E-state index in [0.717, 1.165) is 5.56 Å². The Labute approximate surface area is 455 Å². The first-order chi connectivity index (χ1) is 36.5. The average Bonchev–Trinajstić information content (AvgIpc) is 4.14. The molecular formula is C52H79N11O14Si. The zero-order valence-corrected chi connectivity index (χ0v) is 46.9. The molecule has 0 aliphatic carbocycles. The Morgan fingerprint density at radius 3 is 2.09 bits per heavy atom. The molecule has 78 heavy (non-hydrogen) atoms. The van der Waals surface area contributed by atoms with E-state index in [0.29, 0.717) is 11.8 Å². The van der Waals surface area contributed by atoms with Gasteiger partial charge in [0.25, 0.3) is 0 Å². The number of aldehydes is 1. The van der Waals surface area contributed by atoms with Gasteiger partial charge in [0.15, 0.2) is 38.0 Å². The van der Waals surface area contributed by atoms with Crippen LogP contribution in [-0.4, -0.2) is 193 Å². The number of carbonyl (C=O) groups excluding carboxylic acids is 5. The predicted molar refractivity (Wildman–Crippen MR) is 287 cm³/mol. The van der Waals surface area contributed by atoms with Gasteiger partial charge < -0.3 is 96.9 Å². The van der Waals surface area contributed by atoms with E-state index >= 15 is 4.79 Å². The lowest BCUT2D eigenvalue weighted by Gasteiger charge is -2.51. The van der Waals surface area contributed by atoms with Crippen molar-refractivity contribution in [3.8, 4) is 5.75 Å². The number of guanidine groups is 2. The minimum atomic E-state index is -2.50. The second kappa shape index (κ2) is 23.9. The van der Waals surface area contributed by atoms with E-state index in [4.69, 9.17) is 45.3 Å². The van der Waals surface area contributed by atoms with Crippen molar-refractivity contribution in [1.29, 1.82) is 0 Å². The van der Waals surface area contributed by atoms with E-state index in [1.54, 1.807) is 46.8 Å². The minimum Gasteiger partial charge on any atom is -0.508 e. The molecule has 25 nitrogen and oxygen atoms in total. The van der Waals surface area contributed by atoms with Gasteiger partial charge in [-0.25, -0.2) is 0 Å². The van der Waals surface area contributed by atoms with Crippen molar-refractivity contribution in [3.63, 3.8) is 0 Å². The molecule has 14 N–H and O–H groups in total. The number of nitrogens with one attached hydrogen (secondary N) is 5. The van der Waals surface area contributed by atoms with E-state index in [1.165, 1.54) is 29.2 Å². The van der Waals surface area contributed by atoms with E-state index in [2.05, 4.69) is 36.6 Å². The molecule has 0 aromatic heterocycles. The number of aliphatic hydroxyl groups is 2. The van der Waals surface area contributed by atoms with Crippen LogP contribution < -0.4 is 43.8 Å². The molecular weight excluding hydrogens is 1030 g/mol. The van der Waals surface area contributed by atoms with Crippen molar-refractivity contribution in [2.24, 2.45) is 27.2 Å². The second-order valence-electron chi connectivity index (χ2n) is 23.0. The fourth-order valence-corrected chi connectivity index (χ4v) is 10.8. The monoisotopic (exact) mass is 1110 g/mol. The van der Waals surface area contributed by atoms with Crippen molar-refractivity contribution < 1.29 is 67.4 Å². The lowest BCUT2D eigenvalue weighted by molar-refractivity contribution is -0.356. The number of aliphatic hydroxyl groups excluding tert-OH is 2. The summed E-state index contributed by atoms with van der Waals surface area (Å²) in [4.78, 5) is 81.5. The fourth-order valence-electron chi connectivity index (χ4n) is 9.77. The predicted octanol–water partition coefficient (Wildman–Crippen LogP) is -1.37. The first-order valence-electron chi connectivity index (χ1n) is 26.2. The molecule has 430 valence electrons. The van der Waals surface area contributed by atoms with Gasteiger partial charge in [0, 0.05) is 12.3 Å². The van der Waals surface area contributed by atoms with Crippen molar-refractivity contribution in [3.05, 3.63) is 65.7 Å². The Morgan fingerprint density at radius 2 is 1.46 bits per heavy atom. The number of nitrogens with zero attached hydrogens (tertiary/aromatic N) is 3. The SMILES string of the molecule is CC(c1ccccc1)[C@H](N)C(=O)N[C@@H](Cc1ccc(O)cc1)C(=O)N[C@H](C(=O)N[C@H](C(=O)N[C@H](C=O)CO[Si](C)(C)C(C)(C)C)C(O)C1CN=C(N)N1C1OC2COC(C)(C)OC2C2OC(C)(C)OC21)C(O)C1CN=C(N)N1. The molecule has 3 saturated heterocycles. The molecule has 0 bridgehead atoms. The summed E-state index contributed by atoms with van der Waals surface area (Å²) < 4.78 is 38.1. The Kier molecular flexibility index (Phi) is 18.3. The number of nitrogens with two attached hydrogens (primary N) is 3. The van der Waals surface area contributed by atoms with Crippen molar-refractivity contribution in [1.82, 2.24) is 31.5 Å². The van der Waals surface area contributed by atoms with Gasteiger partial charge in [0.1, 0.15) is 72.8 Å². The largest absolute Gasteiger partial charge is 0.508 e. The molecule has 15 atom stereocenters. The summed E-state index contributed by atoms with van der Waals surface area (Å²) in [7, 11) is -2.50. The average molecular weight is 1110 g/mol. The molecule has 4 amide bonds. The van der Waals surface area contributed by atoms with Crippen LogP contribution in [0.4, 0.5) is 0 Å². The maximum absolute atomic E-state index is 15.1. The van der Waals surface area contributed by atoms with E-state index in [9.17, 15) is 34.5 Å². The van der Waals surface area contributed by atoms with Crippen LogP contribution in [-0.2, 0) is 58.5 Å². The van der Waals surface area contributed by atoms with Crippen LogP contribution in [0.15, 0.2) is 64.6 Å². The molecule has 3 fully saturated rings. The summed E-state index contributed by atoms with van der Waals surface area (Å²) in [6.07, 6.45) is -7.72. The zero-order chi connectivity index (χ0) is 57.2. The number of carbonyl (C=O) groups is 5. The van der Waals surface area contributed by atoms with Gasteiger partial charge in [-0.1, -0.05) is 70.2 Å². The summed E-state index contributed by atoms with van der Waals surface area (Å²) in [5.41, 5.74) is 20.3. The molecule has 7 rings (SSSR count). The van der Waals surface area contributed by atoms with E-state index < -0.39 is 135 Å². The molecule has 5 aliphatic heterocycles. The van der Waals surface area contributed by atoms with Crippen LogP contribution in [0, 0.1) is 0 Å². The van der Waals surface area contributed by atoms with Crippen LogP contribution in [0.25, 0.3) is 0 Å². The maximum Gasteiger partial charge on any atom is 0.246 e. The number of amides is 4. The van der Waals surface area contributed by atoms with Crippen LogP contribution in [0.2, 0.25) is 18.1 Å². The Bertz CT molecular complexity index is 2530. The van der Waals surface area contributed by atoms with Crippen molar-refractivity contribution in [2.75, 3.05) is 26.3 Å². The number of benzene rings is 2. The highest BCUT2D eigenvalue weighted by atomic mass is 28.4. The molecule has 10 unspecified atom stereocenters. The highest BCUT2D eigenvalue weighted by Gasteiger charge is 2.61. The van der Waals surface area contributed by atoms with Gasteiger partial charge >= 0.3 is 0 Å². The summed E-state index contributed by atoms with van der Waals surface area (Å²) in [6.45, 7) is 18.1. The zero-order valence-electron chi connectivity index (χ0n) is 45.9. The first-order valence-corrected chi connectivity index (χ1v) is 29.1. The Balaban J connectivity index is 1.22. The summed E-state index contributed by atoms with van der Waals surface area (Å²) in [5.74, 6) is -6.85. The minimum absolute atomic E-state index is 0.0577. The molecule has 0 saturated carbocycles. The third-order valence-corrected chi connectivity index (χ3v) is 19.8. The second-order valence-corrected chi connectivity index (χ2v) is 27.8. The van der Waals surface area contributed by atoms with E-state index in [1.807, 2.05) is 52.1 Å². The summed E-state index contributed by atoms with van der Waals surface area (Å²) in [6, 6.07) is 4.69. The number of ether oxygens (including phenoxy) is 5. The summed E-state index contributed by atoms with van der Waals surface area (Å²) >= 11 is 0. The highest BCUT2D eigenvalue weighted by molar-refractivity contribution is 6.74. The van der Waals surface area contributed by atoms with Gasteiger partial charge in [-0.15, -0.1) is 0 Å².